The number of aliphatic carboxylic acids is 1. The molecule has 0 spiro atoms. The van der Waals surface area contributed by atoms with Crippen molar-refractivity contribution in [3.05, 3.63) is 16.1 Å². The van der Waals surface area contributed by atoms with E-state index in [4.69, 9.17) is 4.98 Å². The van der Waals surface area contributed by atoms with Gasteiger partial charge in [-0.15, -0.1) is 11.3 Å². The molecule has 5 heteroatoms. The molecule has 3 atom stereocenters. The summed E-state index contributed by atoms with van der Waals surface area (Å²) in [4.78, 5) is 18.5. The maximum absolute atomic E-state index is 11.7. The molecule has 1 saturated carbocycles. The Morgan fingerprint density at radius 2 is 2.24 bits per heavy atom. The Morgan fingerprint density at radius 3 is 2.86 bits per heavy atom. The van der Waals surface area contributed by atoms with E-state index < -0.39 is 5.97 Å². The third-order valence-electron chi connectivity index (χ3n) is 4.90. The lowest BCUT2D eigenvalue weighted by Gasteiger charge is -2.23. The number of carboxylic acid groups (broad SMARTS) is 1. The van der Waals surface area contributed by atoms with Crippen LogP contribution in [0.25, 0.3) is 0 Å². The van der Waals surface area contributed by atoms with Crippen LogP contribution in [0.3, 0.4) is 0 Å². The average Bonchev–Trinajstić information content (AvgIpc) is 3.01. The first-order valence-corrected chi connectivity index (χ1v) is 8.66. The van der Waals surface area contributed by atoms with E-state index in [1.54, 1.807) is 11.3 Å². The summed E-state index contributed by atoms with van der Waals surface area (Å²) in [5, 5.41) is 12.7. The van der Waals surface area contributed by atoms with Gasteiger partial charge >= 0.3 is 5.97 Å². The lowest BCUT2D eigenvalue weighted by molar-refractivity contribution is -0.143. The van der Waals surface area contributed by atoms with Crippen molar-refractivity contribution >= 4 is 17.3 Å². The van der Waals surface area contributed by atoms with Gasteiger partial charge < -0.3 is 5.11 Å². The van der Waals surface area contributed by atoms with Crippen LogP contribution in [-0.4, -0.2) is 33.5 Å². The Kier molecular flexibility index (Phi) is 3.82. The van der Waals surface area contributed by atoms with Gasteiger partial charge in [-0.2, -0.15) is 0 Å². The average molecular weight is 308 g/mol. The van der Waals surface area contributed by atoms with Crippen molar-refractivity contribution in [1.82, 2.24) is 9.88 Å². The standard InChI is InChI=1S/C16H24N2O2S/c1-16(2,3)12-9-21-13(17-12)8-18-7-10-5-4-6-11(10)14(18)15(19)20/h9-11,14H,4-8H2,1-3H3,(H,19,20). The highest BCUT2D eigenvalue weighted by molar-refractivity contribution is 7.09. The molecule has 1 N–H and O–H groups in total. The van der Waals surface area contributed by atoms with Gasteiger partial charge in [-0.3, -0.25) is 9.69 Å². The molecule has 0 amide bonds. The lowest BCUT2D eigenvalue weighted by Crippen LogP contribution is -2.39. The van der Waals surface area contributed by atoms with Crippen LogP contribution >= 0.6 is 11.3 Å². The van der Waals surface area contributed by atoms with Crippen molar-refractivity contribution in [3.8, 4) is 0 Å². The molecule has 2 heterocycles. The topological polar surface area (TPSA) is 53.4 Å². The minimum Gasteiger partial charge on any atom is -0.480 e. The van der Waals surface area contributed by atoms with E-state index in [0.29, 0.717) is 18.4 Å². The zero-order valence-corrected chi connectivity index (χ0v) is 13.8. The van der Waals surface area contributed by atoms with Gasteiger partial charge in [0.05, 0.1) is 12.2 Å². The van der Waals surface area contributed by atoms with Gasteiger partial charge in [0.25, 0.3) is 0 Å². The first kappa shape index (κ1) is 15.0. The summed E-state index contributed by atoms with van der Waals surface area (Å²) in [5.41, 5.74) is 1.16. The SMILES string of the molecule is CC(C)(C)c1csc(CN2CC3CCCC3C2C(=O)O)n1. The van der Waals surface area contributed by atoms with E-state index >= 15 is 0 Å². The molecule has 2 fully saturated rings. The number of carboxylic acids is 1. The molecule has 4 nitrogen and oxygen atoms in total. The van der Waals surface area contributed by atoms with Gasteiger partial charge in [0.1, 0.15) is 11.0 Å². The maximum atomic E-state index is 11.7. The summed E-state index contributed by atoms with van der Waals surface area (Å²) >= 11 is 1.66. The van der Waals surface area contributed by atoms with Gasteiger partial charge in [0, 0.05) is 17.3 Å². The first-order valence-electron chi connectivity index (χ1n) is 7.78. The molecule has 1 aromatic heterocycles. The molecule has 2 aliphatic rings. The summed E-state index contributed by atoms with van der Waals surface area (Å²) < 4.78 is 0. The summed E-state index contributed by atoms with van der Waals surface area (Å²) in [6, 6.07) is -0.306. The lowest BCUT2D eigenvalue weighted by atomic mass is 9.93. The van der Waals surface area contributed by atoms with Crippen LogP contribution in [0, 0.1) is 11.8 Å². The Morgan fingerprint density at radius 1 is 1.48 bits per heavy atom. The minimum absolute atomic E-state index is 0.0580. The molecule has 116 valence electrons. The summed E-state index contributed by atoms with van der Waals surface area (Å²) in [6.07, 6.45) is 3.46. The second kappa shape index (κ2) is 5.36. The number of hydrogen-bond acceptors (Lipinski definition) is 4. The molecule has 0 radical (unpaired) electrons. The molecule has 1 saturated heterocycles. The smallest absolute Gasteiger partial charge is 0.321 e. The zero-order valence-electron chi connectivity index (χ0n) is 13.0. The van der Waals surface area contributed by atoms with Crippen molar-refractivity contribution < 1.29 is 9.90 Å². The number of carbonyl (C=O) groups is 1. The second-order valence-electron chi connectivity index (χ2n) is 7.44. The van der Waals surface area contributed by atoms with Gasteiger partial charge in [-0.1, -0.05) is 27.2 Å². The molecule has 1 aromatic rings. The monoisotopic (exact) mass is 308 g/mol. The number of fused-ring (bicyclic) bond motifs is 1. The van der Waals surface area contributed by atoms with Crippen molar-refractivity contribution in [2.45, 2.75) is 58.0 Å². The molecule has 1 aliphatic heterocycles. The van der Waals surface area contributed by atoms with Crippen LogP contribution < -0.4 is 0 Å². The van der Waals surface area contributed by atoms with Gasteiger partial charge in [0.15, 0.2) is 0 Å². The number of hydrogen-bond donors (Lipinski definition) is 1. The fraction of sp³-hybridized carbons (Fsp3) is 0.750. The molecule has 3 unspecified atom stereocenters. The fourth-order valence-corrected chi connectivity index (χ4v) is 4.84. The molecule has 0 aromatic carbocycles. The van der Waals surface area contributed by atoms with Crippen LogP contribution in [0.2, 0.25) is 0 Å². The van der Waals surface area contributed by atoms with E-state index in [-0.39, 0.29) is 11.5 Å². The highest BCUT2D eigenvalue weighted by Crippen LogP contribution is 2.43. The molecule has 0 bridgehead atoms. The Bertz CT molecular complexity index is 535. The quantitative estimate of drug-likeness (QED) is 0.932. The largest absolute Gasteiger partial charge is 0.480 e. The van der Waals surface area contributed by atoms with Crippen molar-refractivity contribution in [1.29, 1.82) is 0 Å². The second-order valence-corrected chi connectivity index (χ2v) is 8.39. The minimum atomic E-state index is -0.656. The molecule has 1 aliphatic carbocycles. The van der Waals surface area contributed by atoms with Crippen LogP contribution in [0.1, 0.15) is 50.7 Å². The first-order chi connectivity index (χ1) is 9.86. The van der Waals surface area contributed by atoms with Crippen molar-refractivity contribution in [3.63, 3.8) is 0 Å². The van der Waals surface area contributed by atoms with E-state index in [2.05, 4.69) is 31.1 Å². The van der Waals surface area contributed by atoms with Gasteiger partial charge in [-0.25, -0.2) is 4.98 Å². The fourth-order valence-electron chi connectivity index (χ4n) is 3.80. The van der Waals surface area contributed by atoms with Gasteiger partial charge in [0.2, 0.25) is 0 Å². The Balaban J connectivity index is 1.75. The van der Waals surface area contributed by atoms with Crippen LogP contribution in [-0.2, 0) is 16.8 Å². The summed E-state index contributed by atoms with van der Waals surface area (Å²) in [6.45, 7) is 8.08. The van der Waals surface area contributed by atoms with Gasteiger partial charge in [-0.05, 0) is 24.7 Å². The van der Waals surface area contributed by atoms with E-state index in [0.717, 1.165) is 23.7 Å². The van der Waals surface area contributed by atoms with Crippen molar-refractivity contribution in [2.24, 2.45) is 11.8 Å². The molecular weight excluding hydrogens is 284 g/mol. The molecule has 3 rings (SSSR count). The highest BCUT2D eigenvalue weighted by Gasteiger charge is 2.47. The van der Waals surface area contributed by atoms with Crippen molar-refractivity contribution in [2.75, 3.05) is 6.54 Å². The number of nitrogens with zero attached hydrogens (tertiary/aromatic N) is 2. The van der Waals surface area contributed by atoms with E-state index in [1.165, 1.54) is 12.8 Å². The third kappa shape index (κ3) is 2.86. The Labute approximate surface area is 130 Å². The van der Waals surface area contributed by atoms with Crippen LogP contribution in [0.15, 0.2) is 5.38 Å². The van der Waals surface area contributed by atoms with Crippen LogP contribution in [0.4, 0.5) is 0 Å². The Hall–Kier alpha value is -0.940. The summed E-state index contributed by atoms with van der Waals surface area (Å²) in [5.74, 6) is 0.273. The zero-order chi connectivity index (χ0) is 15.2. The summed E-state index contributed by atoms with van der Waals surface area (Å²) in [7, 11) is 0. The highest BCUT2D eigenvalue weighted by atomic mass is 32.1. The molecular formula is C16H24N2O2S. The number of aromatic nitrogens is 1. The third-order valence-corrected chi connectivity index (χ3v) is 5.73. The predicted molar refractivity (Wildman–Crippen MR) is 83.5 cm³/mol. The number of likely N-dealkylation sites (tertiary alicyclic amines) is 1. The molecule has 21 heavy (non-hydrogen) atoms. The number of rotatable bonds is 3. The number of thiazole rings is 1. The maximum Gasteiger partial charge on any atom is 0.321 e. The van der Waals surface area contributed by atoms with E-state index in [1.807, 2.05) is 0 Å². The van der Waals surface area contributed by atoms with Crippen LogP contribution in [0.5, 0.6) is 0 Å². The predicted octanol–water partition coefficient (Wildman–Crippen LogP) is 3.13. The van der Waals surface area contributed by atoms with E-state index in [9.17, 15) is 9.90 Å². The normalized spacial score (nSPS) is 29.8.